The fraction of sp³-hybridized carbons (Fsp3) is 0.900. The molecule has 13 heavy (non-hydrogen) atoms. The molecule has 3 nitrogen and oxygen atoms in total. The van der Waals surface area contributed by atoms with Crippen LogP contribution in [-0.4, -0.2) is 16.6 Å². The van der Waals surface area contributed by atoms with Crippen molar-refractivity contribution in [1.82, 2.24) is 0 Å². The Morgan fingerprint density at radius 1 is 1.54 bits per heavy atom. The van der Waals surface area contributed by atoms with Gasteiger partial charge in [-0.1, -0.05) is 19.8 Å². The van der Waals surface area contributed by atoms with Crippen molar-refractivity contribution in [2.45, 2.75) is 51.0 Å². The molecule has 3 N–H and O–H groups in total. The van der Waals surface area contributed by atoms with Gasteiger partial charge in [0, 0.05) is 0 Å². The van der Waals surface area contributed by atoms with E-state index in [1.54, 1.807) is 0 Å². The minimum atomic E-state index is -1.20. The molecule has 0 unspecified atom stereocenters. The molecular formula is C10H19NO2. The summed E-state index contributed by atoms with van der Waals surface area (Å²) >= 11 is 0. The lowest BCUT2D eigenvalue weighted by atomic mass is 9.77. The van der Waals surface area contributed by atoms with Crippen LogP contribution < -0.4 is 5.73 Å². The van der Waals surface area contributed by atoms with Crippen molar-refractivity contribution in [3.05, 3.63) is 0 Å². The zero-order valence-electron chi connectivity index (χ0n) is 8.25. The number of rotatable bonds is 3. The first-order valence-electron chi connectivity index (χ1n) is 5.11. The van der Waals surface area contributed by atoms with Crippen molar-refractivity contribution in [2.75, 3.05) is 0 Å². The van der Waals surface area contributed by atoms with Crippen LogP contribution >= 0.6 is 0 Å². The van der Waals surface area contributed by atoms with Crippen molar-refractivity contribution in [1.29, 1.82) is 0 Å². The quantitative estimate of drug-likeness (QED) is 0.693. The monoisotopic (exact) mass is 185 g/mol. The van der Waals surface area contributed by atoms with Gasteiger partial charge in [-0.25, -0.2) is 0 Å². The third kappa shape index (κ3) is 2.44. The van der Waals surface area contributed by atoms with Gasteiger partial charge in [-0.2, -0.15) is 0 Å². The van der Waals surface area contributed by atoms with E-state index < -0.39 is 11.5 Å². The van der Waals surface area contributed by atoms with E-state index in [9.17, 15) is 9.90 Å². The molecule has 0 spiro atoms. The second-order valence-electron chi connectivity index (χ2n) is 4.13. The van der Waals surface area contributed by atoms with Crippen LogP contribution in [0.2, 0.25) is 0 Å². The van der Waals surface area contributed by atoms with E-state index in [2.05, 4.69) is 6.92 Å². The predicted molar refractivity (Wildman–Crippen MR) is 51.0 cm³/mol. The van der Waals surface area contributed by atoms with Crippen molar-refractivity contribution >= 4 is 5.91 Å². The molecular weight excluding hydrogens is 166 g/mol. The fourth-order valence-corrected chi connectivity index (χ4v) is 2.10. The van der Waals surface area contributed by atoms with Crippen LogP contribution in [0, 0.1) is 5.92 Å². The Morgan fingerprint density at radius 3 is 2.46 bits per heavy atom. The maximum absolute atomic E-state index is 10.9. The highest BCUT2D eigenvalue weighted by Gasteiger charge is 2.37. The van der Waals surface area contributed by atoms with Crippen molar-refractivity contribution in [3.63, 3.8) is 0 Å². The largest absolute Gasteiger partial charge is 0.380 e. The molecule has 0 aromatic rings. The molecule has 76 valence electrons. The van der Waals surface area contributed by atoms with Gasteiger partial charge in [0.25, 0.3) is 0 Å². The molecule has 1 rings (SSSR count). The number of primary amides is 1. The number of hydrogen-bond donors (Lipinski definition) is 2. The van der Waals surface area contributed by atoms with Gasteiger partial charge in [-0.3, -0.25) is 4.79 Å². The molecule has 0 atom stereocenters. The summed E-state index contributed by atoms with van der Waals surface area (Å²) in [6, 6.07) is 0. The van der Waals surface area contributed by atoms with E-state index in [1.165, 1.54) is 12.8 Å². The molecule has 0 aromatic heterocycles. The van der Waals surface area contributed by atoms with Crippen LogP contribution in [0.25, 0.3) is 0 Å². The molecule has 1 amide bonds. The molecule has 0 aromatic carbocycles. The van der Waals surface area contributed by atoms with Crippen molar-refractivity contribution in [3.8, 4) is 0 Å². The lowest BCUT2D eigenvalue weighted by Crippen LogP contribution is -2.46. The van der Waals surface area contributed by atoms with Gasteiger partial charge < -0.3 is 10.8 Å². The standard InChI is InChI=1S/C10H19NO2/c1-2-3-8-4-6-10(13,7-5-8)9(11)12/h8,13H,2-7H2,1H3,(H2,11,12). The van der Waals surface area contributed by atoms with Crippen LogP contribution in [0.1, 0.15) is 45.4 Å². The number of carbonyl (C=O) groups is 1. The Hall–Kier alpha value is -0.570. The average molecular weight is 185 g/mol. The van der Waals surface area contributed by atoms with E-state index >= 15 is 0 Å². The van der Waals surface area contributed by atoms with Gasteiger partial charge in [-0.15, -0.1) is 0 Å². The van der Waals surface area contributed by atoms with Crippen molar-refractivity contribution < 1.29 is 9.90 Å². The molecule has 3 heteroatoms. The zero-order valence-corrected chi connectivity index (χ0v) is 8.25. The summed E-state index contributed by atoms with van der Waals surface area (Å²) in [4.78, 5) is 10.9. The van der Waals surface area contributed by atoms with E-state index in [0.717, 1.165) is 12.8 Å². The number of hydrogen-bond acceptors (Lipinski definition) is 2. The Bertz CT molecular complexity index is 183. The molecule has 1 saturated carbocycles. The molecule has 1 aliphatic carbocycles. The minimum absolute atomic E-state index is 0.549. The first-order valence-corrected chi connectivity index (χ1v) is 5.11. The Labute approximate surface area is 79.3 Å². The second-order valence-corrected chi connectivity index (χ2v) is 4.13. The summed E-state index contributed by atoms with van der Waals surface area (Å²) in [6.07, 6.45) is 5.36. The highest BCUT2D eigenvalue weighted by Crippen LogP contribution is 2.33. The van der Waals surface area contributed by atoms with Crippen LogP contribution in [0.4, 0.5) is 0 Å². The topological polar surface area (TPSA) is 63.3 Å². The Kier molecular flexibility index (Phi) is 3.31. The van der Waals surface area contributed by atoms with Gasteiger partial charge in [0.15, 0.2) is 0 Å². The maximum atomic E-state index is 10.9. The third-order valence-electron chi connectivity index (χ3n) is 3.09. The van der Waals surface area contributed by atoms with E-state index in [4.69, 9.17) is 5.73 Å². The maximum Gasteiger partial charge on any atom is 0.249 e. The highest BCUT2D eigenvalue weighted by atomic mass is 16.3. The Balaban J connectivity index is 2.42. The molecule has 1 aliphatic rings. The van der Waals surface area contributed by atoms with Crippen LogP contribution in [-0.2, 0) is 4.79 Å². The molecule has 0 saturated heterocycles. The van der Waals surface area contributed by atoms with Crippen LogP contribution in [0.5, 0.6) is 0 Å². The van der Waals surface area contributed by atoms with E-state index in [1.807, 2.05) is 0 Å². The molecule has 0 heterocycles. The Morgan fingerprint density at radius 2 is 2.08 bits per heavy atom. The van der Waals surface area contributed by atoms with Gasteiger partial charge in [0.05, 0.1) is 0 Å². The SMILES string of the molecule is CCCC1CCC(O)(C(N)=O)CC1. The van der Waals surface area contributed by atoms with Crippen LogP contribution in [0.15, 0.2) is 0 Å². The van der Waals surface area contributed by atoms with E-state index in [-0.39, 0.29) is 0 Å². The fourth-order valence-electron chi connectivity index (χ4n) is 2.10. The smallest absolute Gasteiger partial charge is 0.249 e. The summed E-state index contributed by atoms with van der Waals surface area (Å²) < 4.78 is 0. The first-order chi connectivity index (χ1) is 6.08. The third-order valence-corrected chi connectivity index (χ3v) is 3.09. The van der Waals surface area contributed by atoms with Gasteiger partial charge in [0.2, 0.25) is 5.91 Å². The number of carbonyl (C=O) groups excluding carboxylic acids is 1. The summed E-state index contributed by atoms with van der Waals surface area (Å²) in [6.45, 7) is 2.16. The summed E-state index contributed by atoms with van der Waals surface area (Å²) in [7, 11) is 0. The number of aliphatic hydroxyl groups is 1. The lowest BCUT2D eigenvalue weighted by Gasteiger charge is -2.33. The summed E-state index contributed by atoms with van der Waals surface area (Å²) in [5.74, 6) is 0.132. The van der Waals surface area contributed by atoms with Gasteiger partial charge in [-0.05, 0) is 31.6 Å². The zero-order chi connectivity index (χ0) is 9.90. The highest BCUT2D eigenvalue weighted by molar-refractivity contribution is 5.83. The molecule has 1 fully saturated rings. The predicted octanol–water partition coefficient (Wildman–Crippen LogP) is 1.19. The summed E-state index contributed by atoms with van der Waals surface area (Å²) in [5, 5.41) is 9.76. The van der Waals surface area contributed by atoms with E-state index in [0.29, 0.717) is 18.8 Å². The van der Waals surface area contributed by atoms with Crippen molar-refractivity contribution in [2.24, 2.45) is 11.7 Å². The summed E-state index contributed by atoms with van der Waals surface area (Å²) in [5.41, 5.74) is 3.93. The van der Waals surface area contributed by atoms with Gasteiger partial charge in [0.1, 0.15) is 5.60 Å². The molecule has 0 radical (unpaired) electrons. The first kappa shape index (κ1) is 10.5. The number of amides is 1. The normalized spacial score (nSPS) is 34.5. The number of nitrogens with two attached hydrogens (primary N) is 1. The molecule has 0 aliphatic heterocycles. The average Bonchev–Trinajstić information content (AvgIpc) is 2.09. The van der Waals surface area contributed by atoms with Gasteiger partial charge >= 0.3 is 0 Å². The lowest BCUT2D eigenvalue weighted by molar-refractivity contribution is -0.140. The second kappa shape index (κ2) is 4.09. The van der Waals surface area contributed by atoms with Crippen LogP contribution in [0.3, 0.4) is 0 Å². The molecule has 0 bridgehead atoms. The minimum Gasteiger partial charge on any atom is -0.380 e.